The second-order valence-corrected chi connectivity index (χ2v) is 4.54. The van der Waals surface area contributed by atoms with E-state index in [1.807, 2.05) is 27.0 Å². The highest BCUT2D eigenvalue weighted by molar-refractivity contribution is 5.20. The van der Waals surface area contributed by atoms with Crippen LogP contribution in [-0.2, 0) is 4.74 Å². The van der Waals surface area contributed by atoms with Gasteiger partial charge < -0.3 is 10.1 Å². The highest BCUT2D eigenvalue weighted by Crippen LogP contribution is 2.18. The summed E-state index contributed by atoms with van der Waals surface area (Å²) in [6, 6.07) is 0.293. The molecule has 0 aromatic carbocycles. The summed E-state index contributed by atoms with van der Waals surface area (Å²) < 4.78 is 5.51. The summed E-state index contributed by atoms with van der Waals surface area (Å²) in [6.45, 7) is 12.0. The van der Waals surface area contributed by atoms with Gasteiger partial charge in [0.1, 0.15) is 6.10 Å². The summed E-state index contributed by atoms with van der Waals surface area (Å²) in [7, 11) is 0. The molecule has 0 aliphatic carbocycles. The summed E-state index contributed by atoms with van der Waals surface area (Å²) in [5, 5.41) is 3.45. The summed E-state index contributed by atoms with van der Waals surface area (Å²) in [5.41, 5.74) is 2.19. The van der Waals surface area contributed by atoms with Crippen LogP contribution in [0.1, 0.15) is 63.3 Å². The fourth-order valence-corrected chi connectivity index (χ4v) is 1.91. The molecule has 0 saturated heterocycles. The van der Waals surface area contributed by atoms with Crippen molar-refractivity contribution < 1.29 is 4.74 Å². The van der Waals surface area contributed by atoms with E-state index in [1.54, 1.807) is 0 Å². The standard InChI is InChI=1S/C14H25N3O/c1-6-8-15-10(3)13-9-16-14(17-11(13)4)12(5)18-7-2/h9-10,12,15H,6-8H2,1-5H3. The third-order valence-corrected chi connectivity index (χ3v) is 2.98. The monoisotopic (exact) mass is 251 g/mol. The molecule has 18 heavy (non-hydrogen) atoms. The van der Waals surface area contributed by atoms with Crippen molar-refractivity contribution in [2.45, 2.75) is 53.2 Å². The number of aryl methyl sites for hydroxylation is 1. The Labute approximate surface area is 110 Å². The Balaban J connectivity index is 2.78. The SMILES string of the molecule is CCCNC(C)c1cnc(C(C)OCC)nc1C. The summed E-state index contributed by atoms with van der Waals surface area (Å²) >= 11 is 0. The van der Waals surface area contributed by atoms with E-state index in [1.165, 1.54) is 0 Å². The summed E-state index contributed by atoms with van der Waals surface area (Å²) in [4.78, 5) is 8.96. The number of hydrogen-bond acceptors (Lipinski definition) is 4. The van der Waals surface area contributed by atoms with Crippen LogP contribution in [0.5, 0.6) is 0 Å². The van der Waals surface area contributed by atoms with E-state index in [-0.39, 0.29) is 6.10 Å². The lowest BCUT2D eigenvalue weighted by molar-refractivity contribution is 0.0698. The van der Waals surface area contributed by atoms with Crippen molar-refractivity contribution in [3.05, 3.63) is 23.3 Å². The molecule has 0 aliphatic rings. The van der Waals surface area contributed by atoms with E-state index in [2.05, 4.69) is 29.1 Å². The molecule has 2 atom stereocenters. The largest absolute Gasteiger partial charge is 0.371 e. The maximum Gasteiger partial charge on any atom is 0.157 e. The number of nitrogens with one attached hydrogen (secondary N) is 1. The number of aromatic nitrogens is 2. The van der Waals surface area contributed by atoms with Crippen LogP contribution in [0, 0.1) is 6.92 Å². The van der Waals surface area contributed by atoms with Gasteiger partial charge in [-0.15, -0.1) is 0 Å². The van der Waals surface area contributed by atoms with Gasteiger partial charge in [0, 0.05) is 30.1 Å². The number of rotatable bonds is 7. The van der Waals surface area contributed by atoms with Crippen LogP contribution in [0.2, 0.25) is 0 Å². The summed E-state index contributed by atoms with van der Waals surface area (Å²) in [5.74, 6) is 0.765. The molecule has 4 nitrogen and oxygen atoms in total. The minimum Gasteiger partial charge on any atom is -0.371 e. The zero-order chi connectivity index (χ0) is 13.5. The lowest BCUT2D eigenvalue weighted by Gasteiger charge is -2.17. The third-order valence-electron chi connectivity index (χ3n) is 2.98. The van der Waals surface area contributed by atoms with Crippen LogP contribution in [-0.4, -0.2) is 23.1 Å². The van der Waals surface area contributed by atoms with Gasteiger partial charge in [-0.3, -0.25) is 0 Å². The van der Waals surface area contributed by atoms with Crippen LogP contribution in [0.25, 0.3) is 0 Å². The van der Waals surface area contributed by atoms with Crippen molar-refractivity contribution in [2.24, 2.45) is 0 Å². The van der Waals surface area contributed by atoms with Crippen LogP contribution >= 0.6 is 0 Å². The number of hydrogen-bond donors (Lipinski definition) is 1. The van der Waals surface area contributed by atoms with Crippen molar-refractivity contribution in [3.8, 4) is 0 Å². The van der Waals surface area contributed by atoms with Gasteiger partial charge in [0.25, 0.3) is 0 Å². The normalized spacial score (nSPS) is 14.5. The second kappa shape index (κ2) is 7.44. The fraction of sp³-hybridized carbons (Fsp3) is 0.714. The van der Waals surface area contributed by atoms with Gasteiger partial charge in [0.2, 0.25) is 0 Å². The van der Waals surface area contributed by atoms with Gasteiger partial charge in [-0.05, 0) is 40.7 Å². The maximum absolute atomic E-state index is 5.51. The molecule has 0 spiro atoms. The van der Waals surface area contributed by atoms with E-state index >= 15 is 0 Å². The van der Waals surface area contributed by atoms with Crippen LogP contribution in [0.3, 0.4) is 0 Å². The Morgan fingerprint density at radius 3 is 2.61 bits per heavy atom. The first-order chi connectivity index (χ1) is 8.60. The topological polar surface area (TPSA) is 47.0 Å². The molecule has 0 amide bonds. The molecule has 1 N–H and O–H groups in total. The molecular weight excluding hydrogens is 226 g/mol. The Bertz CT molecular complexity index is 368. The Morgan fingerprint density at radius 2 is 2.06 bits per heavy atom. The number of nitrogens with zero attached hydrogens (tertiary/aromatic N) is 2. The Kier molecular flexibility index (Phi) is 6.22. The van der Waals surface area contributed by atoms with Crippen molar-refractivity contribution in [3.63, 3.8) is 0 Å². The fourth-order valence-electron chi connectivity index (χ4n) is 1.91. The van der Waals surface area contributed by atoms with E-state index < -0.39 is 0 Å². The first-order valence-electron chi connectivity index (χ1n) is 6.78. The lowest BCUT2D eigenvalue weighted by Crippen LogP contribution is -2.21. The predicted octanol–water partition coefficient (Wildman–Crippen LogP) is 2.94. The van der Waals surface area contributed by atoms with Crippen molar-refractivity contribution in [2.75, 3.05) is 13.2 Å². The van der Waals surface area contributed by atoms with Crippen LogP contribution in [0.4, 0.5) is 0 Å². The lowest BCUT2D eigenvalue weighted by atomic mass is 10.1. The minimum atomic E-state index is -0.0401. The van der Waals surface area contributed by atoms with E-state index in [9.17, 15) is 0 Å². The van der Waals surface area contributed by atoms with Crippen molar-refractivity contribution in [1.82, 2.24) is 15.3 Å². The maximum atomic E-state index is 5.51. The molecular formula is C14H25N3O. The first-order valence-corrected chi connectivity index (χ1v) is 6.78. The van der Waals surface area contributed by atoms with Gasteiger partial charge in [-0.25, -0.2) is 9.97 Å². The molecule has 0 saturated carbocycles. The Morgan fingerprint density at radius 1 is 1.33 bits per heavy atom. The van der Waals surface area contributed by atoms with Gasteiger partial charge in [-0.1, -0.05) is 6.92 Å². The molecule has 1 aromatic heterocycles. The van der Waals surface area contributed by atoms with Crippen LogP contribution in [0.15, 0.2) is 6.20 Å². The molecule has 2 unspecified atom stereocenters. The van der Waals surface area contributed by atoms with Crippen LogP contribution < -0.4 is 5.32 Å². The first kappa shape index (κ1) is 15.1. The average molecular weight is 251 g/mol. The van der Waals surface area contributed by atoms with Crippen molar-refractivity contribution in [1.29, 1.82) is 0 Å². The highest BCUT2D eigenvalue weighted by atomic mass is 16.5. The molecule has 102 valence electrons. The zero-order valence-corrected chi connectivity index (χ0v) is 12.2. The molecule has 0 fully saturated rings. The molecule has 1 aromatic rings. The predicted molar refractivity (Wildman–Crippen MR) is 73.5 cm³/mol. The summed E-state index contributed by atoms with van der Waals surface area (Å²) in [6.07, 6.45) is 3.01. The molecule has 0 aliphatic heterocycles. The van der Waals surface area contributed by atoms with E-state index in [0.29, 0.717) is 12.6 Å². The highest BCUT2D eigenvalue weighted by Gasteiger charge is 2.13. The Hall–Kier alpha value is -1.00. The minimum absolute atomic E-state index is 0.0401. The van der Waals surface area contributed by atoms with E-state index in [0.717, 1.165) is 30.0 Å². The molecule has 0 bridgehead atoms. The number of ether oxygens (including phenoxy) is 1. The van der Waals surface area contributed by atoms with Crippen molar-refractivity contribution >= 4 is 0 Å². The van der Waals surface area contributed by atoms with Gasteiger partial charge in [0.15, 0.2) is 5.82 Å². The van der Waals surface area contributed by atoms with E-state index in [4.69, 9.17) is 4.74 Å². The van der Waals surface area contributed by atoms with Gasteiger partial charge in [-0.2, -0.15) is 0 Å². The smallest absolute Gasteiger partial charge is 0.157 e. The third kappa shape index (κ3) is 4.03. The average Bonchev–Trinajstić information content (AvgIpc) is 2.36. The molecule has 0 radical (unpaired) electrons. The van der Waals surface area contributed by atoms with Gasteiger partial charge >= 0.3 is 0 Å². The van der Waals surface area contributed by atoms with Gasteiger partial charge in [0.05, 0.1) is 0 Å². The zero-order valence-electron chi connectivity index (χ0n) is 12.2. The quantitative estimate of drug-likeness (QED) is 0.809. The second-order valence-electron chi connectivity index (χ2n) is 4.54. The molecule has 4 heteroatoms. The molecule has 1 heterocycles. The molecule has 1 rings (SSSR count).